The molecule has 1 aliphatic carbocycles. The molecule has 1 aromatic rings. The van der Waals surface area contributed by atoms with Crippen molar-refractivity contribution >= 4 is 5.69 Å². The van der Waals surface area contributed by atoms with Crippen LogP contribution in [0.25, 0.3) is 0 Å². The van der Waals surface area contributed by atoms with Gasteiger partial charge in [-0.15, -0.1) is 0 Å². The van der Waals surface area contributed by atoms with E-state index in [1.165, 1.54) is 37.9 Å². The Labute approximate surface area is 103 Å². The van der Waals surface area contributed by atoms with Crippen molar-refractivity contribution in [2.75, 3.05) is 25.9 Å². The van der Waals surface area contributed by atoms with Crippen LogP contribution in [0, 0.1) is 5.41 Å². The number of hydrogen-bond acceptors (Lipinski definition) is 3. The molecule has 1 saturated heterocycles. The number of hydrogen-bond donors (Lipinski definition) is 1. The number of rotatable bonds is 3. The molecule has 3 heteroatoms. The normalized spacial score (nSPS) is 21.9. The summed E-state index contributed by atoms with van der Waals surface area (Å²) in [6, 6.07) is 6.11. The molecule has 0 bridgehead atoms. The molecule has 1 aromatic carbocycles. The number of nitrogens with zero attached hydrogens (tertiary/aromatic N) is 1. The lowest BCUT2D eigenvalue weighted by molar-refractivity contribution is -0.0645. The van der Waals surface area contributed by atoms with E-state index in [1.54, 1.807) is 7.11 Å². The van der Waals surface area contributed by atoms with Crippen LogP contribution in [-0.2, 0) is 6.54 Å². The van der Waals surface area contributed by atoms with Gasteiger partial charge < -0.3 is 10.5 Å². The van der Waals surface area contributed by atoms with E-state index < -0.39 is 0 Å². The average Bonchev–Trinajstić information content (AvgIpc) is 2.20. The van der Waals surface area contributed by atoms with Crippen LogP contribution >= 0.6 is 0 Å². The van der Waals surface area contributed by atoms with E-state index in [9.17, 15) is 0 Å². The summed E-state index contributed by atoms with van der Waals surface area (Å²) >= 11 is 0. The number of nitrogens with two attached hydrogens (primary N) is 1. The lowest BCUT2D eigenvalue weighted by Crippen LogP contribution is -2.58. The lowest BCUT2D eigenvalue weighted by Gasteiger charge is -2.56. The SMILES string of the molecule is COc1ccc(CN2CC3(CCC3)C2)cc1N. The highest BCUT2D eigenvalue weighted by molar-refractivity contribution is 5.54. The summed E-state index contributed by atoms with van der Waals surface area (Å²) < 4.78 is 5.17. The number of methoxy groups -OCH3 is 1. The highest BCUT2D eigenvalue weighted by Gasteiger charge is 2.46. The lowest BCUT2D eigenvalue weighted by atomic mass is 9.63. The molecular weight excluding hydrogens is 212 g/mol. The summed E-state index contributed by atoms with van der Waals surface area (Å²) in [5, 5.41) is 0. The first-order chi connectivity index (χ1) is 8.21. The van der Waals surface area contributed by atoms with Gasteiger partial charge in [-0.3, -0.25) is 4.90 Å². The van der Waals surface area contributed by atoms with E-state index in [0.29, 0.717) is 5.41 Å². The molecule has 0 amide bonds. The maximum Gasteiger partial charge on any atom is 0.141 e. The molecule has 1 heterocycles. The van der Waals surface area contributed by atoms with Gasteiger partial charge in [0.25, 0.3) is 0 Å². The summed E-state index contributed by atoms with van der Waals surface area (Å²) in [5.74, 6) is 0.771. The number of benzene rings is 1. The third-order valence-corrected chi connectivity index (χ3v) is 4.23. The summed E-state index contributed by atoms with van der Waals surface area (Å²) in [4.78, 5) is 2.51. The Morgan fingerprint density at radius 2 is 2.12 bits per heavy atom. The Morgan fingerprint density at radius 1 is 1.35 bits per heavy atom. The molecule has 2 fully saturated rings. The predicted molar refractivity (Wildman–Crippen MR) is 69.0 cm³/mol. The Kier molecular flexibility index (Phi) is 2.51. The van der Waals surface area contributed by atoms with Crippen molar-refractivity contribution in [1.82, 2.24) is 4.90 Å². The average molecular weight is 232 g/mol. The Hall–Kier alpha value is -1.22. The predicted octanol–water partition coefficient (Wildman–Crippen LogP) is 2.26. The van der Waals surface area contributed by atoms with Gasteiger partial charge in [0.15, 0.2) is 0 Å². The van der Waals surface area contributed by atoms with E-state index in [-0.39, 0.29) is 0 Å². The van der Waals surface area contributed by atoms with E-state index in [1.807, 2.05) is 12.1 Å². The molecule has 1 saturated carbocycles. The second kappa shape index (κ2) is 3.91. The zero-order valence-corrected chi connectivity index (χ0v) is 10.4. The van der Waals surface area contributed by atoms with Crippen LogP contribution in [-0.4, -0.2) is 25.1 Å². The molecule has 1 aliphatic heterocycles. The minimum atomic E-state index is 0.706. The molecule has 0 radical (unpaired) electrons. The van der Waals surface area contributed by atoms with Gasteiger partial charge in [0.1, 0.15) is 5.75 Å². The van der Waals surface area contributed by atoms with E-state index >= 15 is 0 Å². The van der Waals surface area contributed by atoms with E-state index in [0.717, 1.165) is 18.0 Å². The molecule has 3 nitrogen and oxygen atoms in total. The summed E-state index contributed by atoms with van der Waals surface area (Å²) in [7, 11) is 1.65. The minimum Gasteiger partial charge on any atom is -0.495 e. The maximum absolute atomic E-state index is 5.91. The second-order valence-electron chi connectivity index (χ2n) is 5.58. The summed E-state index contributed by atoms with van der Waals surface area (Å²) in [6.07, 6.45) is 4.31. The smallest absolute Gasteiger partial charge is 0.141 e. The largest absolute Gasteiger partial charge is 0.495 e. The van der Waals surface area contributed by atoms with Crippen molar-refractivity contribution < 1.29 is 4.74 Å². The van der Waals surface area contributed by atoms with Gasteiger partial charge in [-0.2, -0.15) is 0 Å². The highest BCUT2D eigenvalue weighted by atomic mass is 16.5. The quantitative estimate of drug-likeness (QED) is 0.812. The van der Waals surface area contributed by atoms with Crippen LogP contribution in [0.1, 0.15) is 24.8 Å². The van der Waals surface area contributed by atoms with Crippen molar-refractivity contribution in [2.24, 2.45) is 5.41 Å². The van der Waals surface area contributed by atoms with Crippen molar-refractivity contribution in [3.8, 4) is 5.75 Å². The molecule has 0 atom stereocenters. The fraction of sp³-hybridized carbons (Fsp3) is 0.571. The van der Waals surface area contributed by atoms with Crippen LogP contribution in [0.5, 0.6) is 5.75 Å². The summed E-state index contributed by atoms with van der Waals surface area (Å²) in [6.45, 7) is 3.58. The number of ether oxygens (including phenoxy) is 1. The second-order valence-corrected chi connectivity index (χ2v) is 5.58. The molecule has 2 aliphatic rings. The molecular formula is C14H20N2O. The van der Waals surface area contributed by atoms with Gasteiger partial charge >= 0.3 is 0 Å². The van der Waals surface area contributed by atoms with Crippen LogP contribution in [0.4, 0.5) is 5.69 Å². The van der Waals surface area contributed by atoms with Gasteiger partial charge in [0.05, 0.1) is 12.8 Å². The van der Waals surface area contributed by atoms with E-state index in [4.69, 9.17) is 10.5 Å². The fourth-order valence-corrected chi connectivity index (χ4v) is 3.15. The van der Waals surface area contributed by atoms with Gasteiger partial charge in [-0.1, -0.05) is 12.5 Å². The molecule has 92 valence electrons. The summed E-state index contributed by atoms with van der Waals surface area (Å²) in [5.41, 5.74) is 8.65. The van der Waals surface area contributed by atoms with Crippen LogP contribution in [0.2, 0.25) is 0 Å². The van der Waals surface area contributed by atoms with Gasteiger partial charge in [0.2, 0.25) is 0 Å². The molecule has 0 unspecified atom stereocenters. The Balaban J connectivity index is 1.60. The first-order valence-electron chi connectivity index (χ1n) is 6.36. The third-order valence-electron chi connectivity index (χ3n) is 4.23. The first kappa shape index (κ1) is 10.9. The number of nitrogen functional groups attached to an aromatic ring is 1. The zero-order chi connectivity index (χ0) is 11.9. The van der Waals surface area contributed by atoms with Crippen molar-refractivity contribution in [1.29, 1.82) is 0 Å². The third kappa shape index (κ3) is 1.89. The van der Waals surface area contributed by atoms with Gasteiger partial charge in [-0.05, 0) is 36.0 Å². The van der Waals surface area contributed by atoms with Crippen molar-refractivity contribution in [3.05, 3.63) is 23.8 Å². The van der Waals surface area contributed by atoms with E-state index in [2.05, 4.69) is 11.0 Å². The monoisotopic (exact) mass is 232 g/mol. The molecule has 0 aromatic heterocycles. The number of likely N-dealkylation sites (tertiary alicyclic amines) is 1. The molecule has 3 rings (SSSR count). The molecule has 2 N–H and O–H groups in total. The highest BCUT2D eigenvalue weighted by Crippen LogP contribution is 2.48. The topological polar surface area (TPSA) is 38.5 Å². The van der Waals surface area contributed by atoms with Crippen molar-refractivity contribution in [3.63, 3.8) is 0 Å². The Morgan fingerprint density at radius 3 is 2.65 bits per heavy atom. The zero-order valence-electron chi connectivity index (χ0n) is 10.4. The van der Waals surface area contributed by atoms with Gasteiger partial charge in [0, 0.05) is 19.6 Å². The Bertz CT molecular complexity index is 418. The molecule has 17 heavy (non-hydrogen) atoms. The van der Waals surface area contributed by atoms with Crippen LogP contribution in [0.15, 0.2) is 18.2 Å². The van der Waals surface area contributed by atoms with Gasteiger partial charge in [-0.25, -0.2) is 0 Å². The fourth-order valence-electron chi connectivity index (χ4n) is 3.15. The molecule has 1 spiro atoms. The minimum absolute atomic E-state index is 0.706. The maximum atomic E-state index is 5.91. The van der Waals surface area contributed by atoms with Crippen molar-refractivity contribution in [2.45, 2.75) is 25.8 Å². The number of anilines is 1. The van der Waals surface area contributed by atoms with Crippen LogP contribution in [0.3, 0.4) is 0 Å². The first-order valence-corrected chi connectivity index (χ1v) is 6.36. The van der Waals surface area contributed by atoms with Crippen LogP contribution < -0.4 is 10.5 Å². The standard InChI is InChI=1S/C14H20N2O/c1-17-13-4-3-11(7-12(13)15)8-16-9-14(10-16)5-2-6-14/h3-4,7H,2,5-6,8-10,15H2,1H3.